The quantitative estimate of drug-likeness (QED) is 0.876. The third-order valence-corrected chi connectivity index (χ3v) is 2.74. The van der Waals surface area contributed by atoms with Gasteiger partial charge >= 0.3 is 0 Å². The smallest absolute Gasteiger partial charge is 0.244 e. The second-order valence-electron chi connectivity index (χ2n) is 3.85. The fourth-order valence-electron chi connectivity index (χ4n) is 1.61. The van der Waals surface area contributed by atoms with E-state index in [9.17, 15) is 14.0 Å². The Bertz CT molecular complexity index is 625. The summed E-state index contributed by atoms with van der Waals surface area (Å²) in [4.78, 5) is 22.4. The predicted octanol–water partition coefficient (Wildman–Crippen LogP) is 2.73. The molecule has 0 bridgehead atoms. The minimum Gasteiger partial charge on any atom is -0.336 e. The van der Waals surface area contributed by atoms with E-state index in [0.717, 1.165) is 6.07 Å². The molecule has 1 heterocycles. The summed E-state index contributed by atoms with van der Waals surface area (Å²) in [6.45, 7) is -0.0663. The summed E-state index contributed by atoms with van der Waals surface area (Å²) in [6, 6.07) is 7.21. The highest BCUT2D eigenvalue weighted by molar-refractivity contribution is 6.30. The van der Waals surface area contributed by atoms with E-state index >= 15 is 0 Å². The monoisotopic (exact) mass is 280 g/mol. The number of nitrogens with one attached hydrogen (secondary N) is 1. The normalized spacial score (nSPS) is 10.2. The zero-order valence-electron chi connectivity index (χ0n) is 9.77. The lowest BCUT2D eigenvalue weighted by Gasteiger charge is -2.08. The first-order valence-corrected chi connectivity index (χ1v) is 5.83. The van der Waals surface area contributed by atoms with Gasteiger partial charge in [-0.25, -0.2) is 4.39 Å². The Balaban J connectivity index is 2.07. The molecular weight excluding hydrogens is 271 g/mol. The summed E-state index contributed by atoms with van der Waals surface area (Å²) < 4.78 is 14.9. The van der Waals surface area contributed by atoms with E-state index in [2.05, 4.69) is 5.32 Å². The summed E-state index contributed by atoms with van der Waals surface area (Å²) in [5.74, 6) is -1.04. The number of nitrogens with zero attached hydrogens (tertiary/aromatic N) is 1. The van der Waals surface area contributed by atoms with Gasteiger partial charge < -0.3 is 9.88 Å². The van der Waals surface area contributed by atoms with Gasteiger partial charge in [0.05, 0.1) is 11.4 Å². The molecule has 2 rings (SSSR count). The van der Waals surface area contributed by atoms with Gasteiger partial charge in [-0.2, -0.15) is 0 Å². The zero-order chi connectivity index (χ0) is 13.8. The molecule has 6 heteroatoms. The molecule has 0 aliphatic carbocycles. The van der Waals surface area contributed by atoms with Crippen molar-refractivity contribution in [1.82, 2.24) is 4.57 Å². The molecular formula is C13H10ClFN2O2. The van der Waals surface area contributed by atoms with E-state index in [4.69, 9.17) is 11.6 Å². The summed E-state index contributed by atoms with van der Waals surface area (Å²) in [6.07, 6.45) is 2.25. The number of halogens is 2. The first-order valence-electron chi connectivity index (χ1n) is 5.45. The van der Waals surface area contributed by atoms with E-state index < -0.39 is 11.7 Å². The Hall–Kier alpha value is -2.14. The zero-order valence-corrected chi connectivity index (χ0v) is 10.5. The van der Waals surface area contributed by atoms with Crippen molar-refractivity contribution in [2.24, 2.45) is 0 Å². The second-order valence-corrected chi connectivity index (χ2v) is 4.29. The number of aldehydes is 1. The standard InChI is InChI=1S/C13H10ClFN2O2/c14-9-3-4-12(11(15)6-9)16-13(19)7-17-5-1-2-10(17)8-18/h1-6,8H,7H2,(H,16,19). The largest absolute Gasteiger partial charge is 0.336 e. The van der Waals surface area contributed by atoms with E-state index in [1.807, 2.05) is 0 Å². The van der Waals surface area contributed by atoms with Crippen LogP contribution in [0, 0.1) is 5.82 Å². The third-order valence-electron chi connectivity index (χ3n) is 2.50. The molecule has 0 saturated heterocycles. The predicted molar refractivity (Wildman–Crippen MR) is 69.9 cm³/mol. The number of aromatic nitrogens is 1. The molecule has 1 N–H and O–H groups in total. The van der Waals surface area contributed by atoms with Crippen LogP contribution in [0.4, 0.5) is 10.1 Å². The summed E-state index contributed by atoms with van der Waals surface area (Å²) in [5.41, 5.74) is 0.431. The molecule has 19 heavy (non-hydrogen) atoms. The van der Waals surface area contributed by atoms with Crippen molar-refractivity contribution in [2.75, 3.05) is 5.32 Å². The topological polar surface area (TPSA) is 51.1 Å². The number of benzene rings is 1. The van der Waals surface area contributed by atoms with Gasteiger partial charge in [-0.1, -0.05) is 11.6 Å². The molecule has 0 aliphatic heterocycles. The SMILES string of the molecule is O=Cc1cccn1CC(=O)Nc1ccc(Cl)cc1F. The molecule has 1 aromatic carbocycles. The molecule has 0 spiro atoms. The molecule has 0 atom stereocenters. The average molecular weight is 281 g/mol. The van der Waals surface area contributed by atoms with Crippen molar-refractivity contribution in [3.63, 3.8) is 0 Å². The number of hydrogen-bond acceptors (Lipinski definition) is 2. The Morgan fingerprint density at radius 3 is 2.89 bits per heavy atom. The highest BCUT2D eigenvalue weighted by atomic mass is 35.5. The van der Waals surface area contributed by atoms with Crippen molar-refractivity contribution in [2.45, 2.75) is 6.54 Å². The van der Waals surface area contributed by atoms with Gasteiger partial charge in [-0.05, 0) is 30.3 Å². The molecule has 98 valence electrons. The van der Waals surface area contributed by atoms with Gasteiger partial charge in [0.1, 0.15) is 12.4 Å². The van der Waals surface area contributed by atoms with Crippen LogP contribution in [0.1, 0.15) is 10.5 Å². The van der Waals surface area contributed by atoms with Gasteiger partial charge in [-0.15, -0.1) is 0 Å². The molecule has 4 nitrogen and oxygen atoms in total. The van der Waals surface area contributed by atoms with Gasteiger partial charge in [0.25, 0.3) is 0 Å². The van der Waals surface area contributed by atoms with Crippen molar-refractivity contribution in [3.8, 4) is 0 Å². The first kappa shape index (κ1) is 13.3. The summed E-state index contributed by atoms with van der Waals surface area (Å²) in [7, 11) is 0. The fourth-order valence-corrected chi connectivity index (χ4v) is 1.77. The Morgan fingerprint density at radius 1 is 1.42 bits per heavy atom. The minimum atomic E-state index is -0.607. The van der Waals surface area contributed by atoms with Gasteiger partial charge in [0.15, 0.2) is 6.29 Å². The van der Waals surface area contributed by atoms with E-state index in [1.54, 1.807) is 18.3 Å². The maximum atomic E-state index is 13.5. The second kappa shape index (κ2) is 5.67. The number of amides is 1. The van der Waals surface area contributed by atoms with Crippen LogP contribution in [-0.2, 0) is 11.3 Å². The van der Waals surface area contributed by atoms with Crippen molar-refractivity contribution in [3.05, 3.63) is 53.1 Å². The number of rotatable bonds is 4. The van der Waals surface area contributed by atoms with Crippen LogP contribution in [-0.4, -0.2) is 16.8 Å². The summed E-state index contributed by atoms with van der Waals surface area (Å²) >= 11 is 5.61. The van der Waals surface area contributed by atoms with Gasteiger partial charge in [-0.3, -0.25) is 9.59 Å². The number of carbonyl (C=O) groups excluding carboxylic acids is 2. The fraction of sp³-hybridized carbons (Fsp3) is 0.0769. The minimum absolute atomic E-state index is 0.0502. The molecule has 1 amide bonds. The molecule has 2 aromatic rings. The van der Waals surface area contributed by atoms with E-state index in [-0.39, 0.29) is 17.3 Å². The van der Waals surface area contributed by atoms with Crippen LogP contribution in [0.5, 0.6) is 0 Å². The molecule has 0 radical (unpaired) electrons. The summed E-state index contributed by atoms with van der Waals surface area (Å²) in [5, 5.41) is 2.67. The molecule has 1 aromatic heterocycles. The first-order chi connectivity index (χ1) is 9.10. The van der Waals surface area contributed by atoms with Gasteiger partial charge in [0, 0.05) is 11.2 Å². The average Bonchev–Trinajstić information content (AvgIpc) is 2.80. The Kier molecular flexibility index (Phi) is 3.97. The highest BCUT2D eigenvalue weighted by Crippen LogP contribution is 2.18. The van der Waals surface area contributed by atoms with Crippen molar-refractivity contribution < 1.29 is 14.0 Å². The third kappa shape index (κ3) is 3.20. The van der Waals surface area contributed by atoms with E-state index in [1.165, 1.54) is 16.7 Å². The van der Waals surface area contributed by atoms with Crippen LogP contribution in [0.15, 0.2) is 36.5 Å². The number of anilines is 1. The van der Waals surface area contributed by atoms with Gasteiger partial charge in [0.2, 0.25) is 5.91 Å². The number of carbonyl (C=O) groups is 2. The maximum absolute atomic E-state index is 13.5. The molecule has 0 fully saturated rings. The number of hydrogen-bond donors (Lipinski definition) is 1. The van der Waals surface area contributed by atoms with Crippen LogP contribution in [0.25, 0.3) is 0 Å². The lowest BCUT2D eigenvalue weighted by atomic mass is 10.3. The highest BCUT2D eigenvalue weighted by Gasteiger charge is 2.09. The van der Waals surface area contributed by atoms with Crippen molar-refractivity contribution >= 4 is 29.5 Å². The lowest BCUT2D eigenvalue weighted by molar-refractivity contribution is -0.116. The van der Waals surface area contributed by atoms with Crippen LogP contribution in [0.3, 0.4) is 0 Å². The van der Waals surface area contributed by atoms with E-state index in [0.29, 0.717) is 12.0 Å². The molecule has 0 saturated carbocycles. The molecule has 0 unspecified atom stereocenters. The van der Waals surface area contributed by atoms with Crippen molar-refractivity contribution in [1.29, 1.82) is 0 Å². The lowest BCUT2D eigenvalue weighted by Crippen LogP contribution is -2.20. The Labute approximate surface area is 113 Å². The Morgan fingerprint density at radius 2 is 2.21 bits per heavy atom. The maximum Gasteiger partial charge on any atom is 0.244 e. The van der Waals surface area contributed by atoms with Crippen LogP contribution >= 0.6 is 11.6 Å². The molecule has 0 aliphatic rings. The van der Waals surface area contributed by atoms with Crippen LogP contribution in [0.2, 0.25) is 5.02 Å². The van der Waals surface area contributed by atoms with Crippen LogP contribution < -0.4 is 5.32 Å².